The van der Waals surface area contributed by atoms with Crippen LogP contribution in [0.1, 0.15) is 0 Å². The number of methoxy groups -OCH3 is 1. The molecule has 0 saturated carbocycles. The maximum atomic E-state index is 5.78. The van der Waals surface area contributed by atoms with Gasteiger partial charge >= 0.3 is 0 Å². The van der Waals surface area contributed by atoms with Gasteiger partial charge in [0.05, 0.1) is 12.8 Å². The van der Waals surface area contributed by atoms with Gasteiger partial charge in [0.1, 0.15) is 17.2 Å². The summed E-state index contributed by atoms with van der Waals surface area (Å²) in [5.74, 6) is 2.11. The van der Waals surface area contributed by atoms with E-state index in [0.29, 0.717) is 17.2 Å². The van der Waals surface area contributed by atoms with Gasteiger partial charge in [0.2, 0.25) is 0 Å². The van der Waals surface area contributed by atoms with Crippen LogP contribution in [-0.2, 0) is 0 Å². The molecule has 3 nitrogen and oxygen atoms in total. The zero-order valence-electron chi connectivity index (χ0n) is 9.01. The van der Waals surface area contributed by atoms with E-state index in [4.69, 9.17) is 15.2 Å². The Labute approximate surface area is 94.4 Å². The van der Waals surface area contributed by atoms with Crippen LogP contribution in [0.4, 0.5) is 5.69 Å². The van der Waals surface area contributed by atoms with Gasteiger partial charge < -0.3 is 15.2 Å². The molecule has 2 aromatic rings. The summed E-state index contributed by atoms with van der Waals surface area (Å²) in [6.45, 7) is 0. The molecule has 2 aromatic carbocycles. The molecule has 16 heavy (non-hydrogen) atoms. The van der Waals surface area contributed by atoms with Crippen molar-refractivity contribution in [3.8, 4) is 17.2 Å². The molecule has 0 aliphatic carbocycles. The SMILES string of the molecule is COc1cccc(Oc2ccccc2N)c1. The summed E-state index contributed by atoms with van der Waals surface area (Å²) in [5.41, 5.74) is 6.40. The van der Waals surface area contributed by atoms with Crippen molar-refractivity contribution in [3.05, 3.63) is 48.5 Å². The van der Waals surface area contributed by atoms with Crippen LogP contribution < -0.4 is 15.2 Å². The number of benzene rings is 2. The number of rotatable bonds is 3. The summed E-state index contributed by atoms with van der Waals surface area (Å²) in [6.07, 6.45) is 0. The van der Waals surface area contributed by atoms with Gasteiger partial charge in [-0.3, -0.25) is 0 Å². The number of hydrogen-bond donors (Lipinski definition) is 1. The van der Waals surface area contributed by atoms with Crippen molar-refractivity contribution in [1.29, 1.82) is 0 Å². The molecule has 0 amide bonds. The first-order valence-electron chi connectivity index (χ1n) is 4.96. The molecule has 0 aliphatic heterocycles. The molecule has 2 rings (SSSR count). The molecule has 0 unspecified atom stereocenters. The average Bonchev–Trinajstić information content (AvgIpc) is 2.32. The fraction of sp³-hybridized carbons (Fsp3) is 0.0769. The van der Waals surface area contributed by atoms with Crippen LogP contribution in [0, 0.1) is 0 Å². The van der Waals surface area contributed by atoms with Gasteiger partial charge in [-0.2, -0.15) is 0 Å². The summed E-state index contributed by atoms with van der Waals surface area (Å²) in [4.78, 5) is 0. The largest absolute Gasteiger partial charge is 0.497 e. The Balaban J connectivity index is 2.24. The van der Waals surface area contributed by atoms with Crippen LogP contribution in [0.2, 0.25) is 0 Å². The van der Waals surface area contributed by atoms with Gasteiger partial charge in [-0.1, -0.05) is 18.2 Å². The second kappa shape index (κ2) is 4.57. The summed E-state index contributed by atoms with van der Waals surface area (Å²) in [5, 5.41) is 0. The molecule has 0 heterocycles. The van der Waals surface area contributed by atoms with Crippen LogP contribution in [0.15, 0.2) is 48.5 Å². The van der Waals surface area contributed by atoms with Crippen LogP contribution in [0.3, 0.4) is 0 Å². The van der Waals surface area contributed by atoms with Crippen molar-refractivity contribution in [2.45, 2.75) is 0 Å². The first kappa shape index (κ1) is 10.4. The lowest BCUT2D eigenvalue weighted by molar-refractivity contribution is 0.409. The number of anilines is 1. The third kappa shape index (κ3) is 2.25. The minimum absolute atomic E-state index is 0.616. The number of ether oxygens (including phenoxy) is 2. The first-order valence-corrected chi connectivity index (χ1v) is 4.96. The van der Waals surface area contributed by atoms with Crippen molar-refractivity contribution in [3.63, 3.8) is 0 Å². The van der Waals surface area contributed by atoms with E-state index >= 15 is 0 Å². The summed E-state index contributed by atoms with van der Waals surface area (Å²) in [7, 11) is 1.62. The van der Waals surface area contributed by atoms with Crippen molar-refractivity contribution < 1.29 is 9.47 Å². The molecule has 3 heteroatoms. The maximum absolute atomic E-state index is 5.78. The second-order valence-electron chi connectivity index (χ2n) is 3.32. The molecule has 0 atom stereocenters. The third-order valence-corrected chi connectivity index (χ3v) is 2.19. The number of para-hydroxylation sites is 2. The highest BCUT2D eigenvalue weighted by Crippen LogP contribution is 2.28. The molecule has 0 bridgehead atoms. The topological polar surface area (TPSA) is 44.5 Å². The van der Waals surface area contributed by atoms with E-state index in [1.807, 2.05) is 42.5 Å². The Hall–Kier alpha value is -2.16. The number of nitrogen functional groups attached to an aromatic ring is 1. The maximum Gasteiger partial charge on any atom is 0.150 e. The lowest BCUT2D eigenvalue weighted by atomic mass is 10.3. The molecular formula is C13H13NO2. The molecule has 82 valence electrons. The minimum Gasteiger partial charge on any atom is -0.497 e. The molecule has 0 fully saturated rings. The van der Waals surface area contributed by atoms with E-state index in [2.05, 4.69) is 0 Å². The Morgan fingerprint density at radius 3 is 2.44 bits per heavy atom. The standard InChI is InChI=1S/C13H13NO2/c1-15-10-5-4-6-11(9-10)16-13-8-3-2-7-12(13)14/h2-9H,14H2,1H3. The fourth-order valence-electron chi connectivity index (χ4n) is 1.37. The highest BCUT2D eigenvalue weighted by molar-refractivity contribution is 5.53. The van der Waals surface area contributed by atoms with Crippen LogP contribution in [-0.4, -0.2) is 7.11 Å². The zero-order chi connectivity index (χ0) is 11.4. The van der Waals surface area contributed by atoms with Gasteiger partial charge in [0, 0.05) is 6.07 Å². The monoisotopic (exact) mass is 215 g/mol. The number of hydrogen-bond acceptors (Lipinski definition) is 3. The first-order chi connectivity index (χ1) is 7.79. The van der Waals surface area contributed by atoms with Crippen molar-refractivity contribution >= 4 is 5.69 Å². The summed E-state index contributed by atoms with van der Waals surface area (Å²) >= 11 is 0. The predicted molar refractivity (Wildman–Crippen MR) is 63.9 cm³/mol. The van der Waals surface area contributed by atoms with Crippen molar-refractivity contribution in [1.82, 2.24) is 0 Å². The number of nitrogens with two attached hydrogens (primary N) is 1. The van der Waals surface area contributed by atoms with E-state index in [-0.39, 0.29) is 0 Å². The Morgan fingerprint density at radius 1 is 0.938 bits per heavy atom. The normalized spacial score (nSPS) is 9.81. The quantitative estimate of drug-likeness (QED) is 0.800. The second-order valence-corrected chi connectivity index (χ2v) is 3.32. The highest BCUT2D eigenvalue weighted by Gasteiger charge is 2.01. The predicted octanol–water partition coefficient (Wildman–Crippen LogP) is 3.07. The van der Waals surface area contributed by atoms with Gasteiger partial charge in [-0.25, -0.2) is 0 Å². The minimum atomic E-state index is 0.616. The molecular weight excluding hydrogens is 202 g/mol. The highest BCUT2D eigenvalue weighted by atomic mass is 16.5. The van der Waals surface area contributed by atoms with Crippen molar-refractivity contribution in [2.24, 2.45) is 0 Å². The third-order valence-electron chi connectivity index (χ3n) is 2.19. The Morgan fingerprint density at radius 2 is 1.69 bits per heavy atom. The summed E-state index contributed by atoms with van der Waals surface area (Å²) < 4.78 is 10.8. The lowest BCUT2D eigenvalue weighted by Crippen LogP contribution is -1.91. The average molecular weight is 215 g/mol. The van der Waals surface area contributed by atoms with E-state index < -0.39 is 0 Å². The van der Waals surface area contributed by atoms with Gasteiger partial charge in [-0.15, -0.1) is 0 Å². The lowest BCUT2D eigenvalue weighted by Gasteiger charge is -2.08. The zero-order valence-corrected chi connectivity index (χ0v) is 9.01. The van der Waals surface area contributed by atoms with Gasteiger partial charge in [0.15, 0.2) is 0 Å². The molecule has 2 N–H and O–H groups in total. The van der Waals surface area contributed by atoms with Crippen LogP contribution in [0.5, 0.6) is 17.2 Å². The van der Waals surface area contributed by atoms with E-state index in [0.717, 1.165) is 5.75 Å². The Bertz CT molecular complexity index is 483. The molecule has 0 radical (unpaired) electrons. The van der Waals surface area contributed by atoms with E-state index in [1.54, 1.807) is 13.2 Å². The smallest absolute Gasteiger partial charge is 0.150 e. The molecule has 0 aliphatic rings. The van der Waals surface area contributed by atoms with E-state index in [1.165, 1.54) is 0 Å². The van der Waals surface area contributed by atoms with Crippen LogP contribution >= 0.6 is 0 Å². The van der Waals surface area contributed by atoms with Gasteiger partial charge in [-0.05, 0) is 24.3 Å². The van der Waals surface area contributed by atoms with Crippen LogP contribution in [0.25, 0.3) is 0 Å². The van der Waals surface area contributed by atoms with Gasteiger partial charge in [0.25, 0.3) is 0 Å². The molecule has 0 saturated heterocycles. The fourth-order valence-corrected chi connectivity index (χ4v) is 1.37. The van der Waals surface area contributed by atoms with Crippen molar-refractivity contribution in [2.75, 3.05) is 12.8 Å². The summed E-state index contributed by atoms with van der Waals surface area (Å²) in [6, 6.07) is 14.8. The Kier molecular flexibility index (Phi) is 2.96. The molecule has 0 aromatic heterocycles. The van der Waals surface area contributed by atoms with E-state index in [9.17, 15) is 0 Å². The molecule has 0 spiro atoms.